The average molecular weight is 326 g/mol. The molecule has 1 amide bonds. The van der Waals surface area contributed by atoms with Gasteiger partial charge in [-0.25, -0.2) is 4.39 Å². The molecule has 0 unspecified atom stereocenters. The molecule has 6 heteroatoms. The van der Waals surface area contributed by atoms with Gasteiger partial charge >= 0.3 is 0 Å². The van der Waals surface area contributed by atoms with Crippen LogP contribution in [0.15, 0.2) is 35.1 Å². The normalized spacial score (nSPS) is 10.5. The summed E-state index contributed by atoms with van der Waals surface area (Å²) in [6.45, 7) is 2.29. The van der Waals surface area contributed by atoms with Crippen molar-refractivity contribution >= 4 is 27.5 Å². The second-order valence-electron chi connectivity index (χ2n) is 4.20. The van der Waals surface area contributed by atoms with Crippen molar-refractivity contribution in [2.45, 2.75) is 19.9 Å². The van der Waals surface area contributed by atoms with Crippen molar-refractivity contribution in [3.05, 3.63) is 46.4 Å². The Morgan fingerprint density at radius 2 is 2.32 bits per heavy atom. The van der Waals surface area contributed by atoms with Gasteiger partial charge in [-0.05, 0) is 40.5 Å². The molecule has 0 radical (unpaired) electrons. The molecule has 0 aliphatic carbocycles. The van der Waals surface area contributed by atoms with Gasteiger partial charge in [0.25, 0.3) is 0 Å². The molecular formula is C13H13BrFN3O. The summed E-state index contributed by atoms with van der Waals surface area (Å²) in [5.41, 5.74) is 1.11. The number of nitrogens with zero attached hydrogens (tertiary/aromatic N) is 2. The molecule has 2 aromatic rings. The van der Waals surface area contributed by atoms with Crippen molar-refractivity contribution < 1.29 is 9.18 Å². The highest BCUT2D eigenvalue weighted by molar-refractivity contribution is 9.10. The van der Waals surface area contributed by atoms with E-state index in [1.54, 1.807) is 29.2 Å². The van der Waals surface area contributed by atoms with Crippen LogP contribution in [0.25, 0.3) is 0 Å². The summed E-state index contributed by atoms with van der Waals surface area (Å²) in [5, 5.41) is 6.60. The van der Waals surface area contributed by atoms with Crippen LogP contribution in [0, 0.1) is 12.7 Å². The smallest absolute Gasteiger partial charge is 0.226 e. The fourth-order valence-electron chi connectivity index (χ4n) is 1.62. The van der Waals surface area contributed by atoms with E-state index in [0.717, 1.165) is 10.0 Å². The van der Waals surface area contributed by atoms with E-state index >= 15 is 0 Å². The first-order valence-corrected chi connectivity index (χ1v) is 6.58. The number of rotatable bonds is 4. The fraction of sp³-hybridized carbons (Fsp3) is 0.231. The number of halogens is 2. The van der Waals surface area contributed by atoms with Gasteiger partial charge in [0.1, 0.15) is 5.82 Å². The van der Waals surface area contributed by atoms with E-state index < -0.39 is 5.82 Å². The Bertz CT molecular complexity index is 597. The molecule has 0 spiro atoms. The van der Waals surface area contributed by atoms with E-state index in [9.17, 15) is 9.18 Å². The predicted molar refractivity (Wildman–Crippen MR) is 74.3 cm³/mol. The van der Waals surface area contributed by atoms with Crippen LogP contribution < -0.4 is 5.32 Å². The number of aryl methyl sites for hydroxylation is 2. The monoisotopic (exact) mass is 325 g/mol. The number of hydrogen-bond acceptors (Lipinski definition) is 2. The van der Waals surface area contributed by atoms with Gasteiger partial charge in [-0.2, -0.15) is 5.10 Å². The molecule has 1 aromatic carbocycles. The zero-order valence-electron chi connectivity index (χ0n) is 10.4. The summed E-state index contributed by atoms with van der Waals surface area (Å²) in [7, 11) is 0. The maximum Gasteiger partial charge on any atom is 0.226 e. The Balaban J connectivity index is 1.92. The van der Waals surface area contributed by atoms with Gasteiger partial charge in [0.2, 0.25) is 5.91 Å². The van der Waals surface area contributed by atoms with Gasteiger partial charge in [0.05, 0.1) is 16.4 Å². The Labute approximate surface area is 118 Å². The summed E-state index contributed by atoms with van der Waals surface area (Å²) < 4.78 is 16.0. The van der Waals surface area contributed by atoms with Gasteiger partial charge in [-0.15, -0.1) is 0 Å². The minimum absolute atomic E-state index is 0.214. The van der Waals surface area contributed by atoms with E-state index in [1.165, 1.54) is 6.07 Å². The highest BCUT2D eigenvalue weighted by atomic mass is 79.9. The molecule has 0 bridgehead atoms. The van der Waals surface area contributed by atoms with Crippen LogP contribution in [-0.2, 0) is 11.3 Å². The van der Waals surface area contributed by atoms with Gasteiger partial charge in [-0.1, -0.05) is 6.07 Å². The number of carbonyl (C=O) groups is 1. The summed E-state index contributed by atoms with van der Waals surface area (Å²) >= 11 is 3.28. The maximum atomic E-state index is 13.5. The number of benzene rings is 1. The third kappa shape index (κ3) is 3.89. The number of nitrogens with one attached hydrogen (secondary N) is 1. The number of aromatic nitrogens is 2. The zero-order valence-corrected chi connectivity index (χ0v) is 11.9. The van der Waals surface area contributed by atoms with Gasteiger partial charge < -0.3 is 5.32 Å². The van der Waals surface area contributed by atoms with Crippen LogP contribution in [0.1, 0.15) is 12.0 Å². The minimum Gasteiger partial charge on any atom is -0.324 e. The molecule has 4 nitrogen and oxygen atoms in total. The van der Waals surface area contributed by atoms with Crippen LogP contribution >= 0.6 is 15.9 Å². The molecule has 1 heterocycles. The van der Waals surface area contributed by atoms with Crippen LogP contribution in [0.3, 0.4) is 0 Å². The minimum atomic E-state index is -0.430. The highest BCUT2D eigenvalue weighted by Gasteiger charge is 2.07. The first-order chi connectivity index (χ1) is 9.04. The van der Waals surface area contributed by atoms with Crippen LogP contribution in [0.4, 0.5) is 10.1 Å². The lowest BCUT2D eigenvalue weighted by Crippen LogP contribution is -2.15. The molecule has 1 N–H and O–H groups in total. The molecule has 0 aliphatic rings. The molecule has 2 rings (SSSR count). The van der Waals surface area contributed by atoms with Gasteiger partial charge in [-0.3, -0.25) is 9.48 Å². The molecule has 0 atom stereocenters. The zero-order chi connectivity index (χ0) is 13.8. The summed E-state index contributed by atoms with van der Waals surface area (Å²) in [5.74, 6) is -0.670. The third-order valence-corrected chi connectivity index (χ3v) is 2.98. The van der Waals surface area contributed by atoms with E-state index in [4.69, 9.17) is 0 Å². The summed E-state index contributed by atoms with van der Waals surface area (Å²) in [4.78, 5) is 11.7. The molecule has 0 saturated carbocycles. The first kappa shape index (κ1) is 13.7. The number of hydrogen-bond donors (Lipinski definition) is 1. The van der Waals surface area contributed by atoms with Gasteiger partial charge in [0, 0.05) is 19.2 Å². The van der Waals surface area contributed by atoms with E-state index in [1.807, 2.05) is 6.92 Å². The second kappa shape index (κ2) is 5.97. The molecule has 19 heavy (non-hydrogen) atoms. The Morgan fingerprint density at radius 1 is 1.53 bits per heavy atom. The van der Waals surface area contributed by atoms with Crippen LogP contribution in [0.2, 0.25) is 0 Å². The molecule has 100 valence electrons. The molecule has 1 aromatic heterocycles. The number of amides is 1. The lowest BCUT2D eigenvalue weighted by atomic mass is 10.2. The maximum absolute atomic E-state index is 13.5. The average Bonchev–Trinajstić information content (AvgIpc) is 2.77. The summed E-state index contributed by atoms with van der Waals surface area (Å²) in [6, 6.07) is 4.61. The van der Waals surface area contributed by atoms with Crippen molar-refractivity contribution in [1.82, 2.24) is 9.78 Å². The van der Waals surface area contributed by atoms with Crippen LogP contribution in [0.5, 0.6) is 0 Å². The standard InChI is InChI=1S/C13H13BrFN3O/c1-9-2-3-11(15)12(6-9)17-13(19)4-5-18-8-10(14)7-16-18/h2-3,6-8H,4-5H2,1H3,(H,17,19). The SMILES string of the molecule is Cc1ccc(F)c(NC(=O)CCn2cc(Br)cn2)c1. The van der Waals surface area contributed by atoms with E-state index in [0.29, 0.717) is 6.54 Å². The lowest BCUT2D eigenvalue weighted by Gasteiger charge is -2.07. The molecular weight excluding hydrogens is 313 g/mol. The quantitative estimate of drug-likeness (QED) is 0.938. The van der Waals surface area contributed by atoms with Crippen molar-refractivity contribution in [1.29, 1.82) is 0 Å². The van der Waals surface area contributed by atoms with Gasteiger partial charge in [0.15, 0.2) is 0 Å². The Hall–Kier alpha value is -1.69. The molecule has 0 aliphatic heterocycles. The Kier molecular flexibility index (Phi) is 4.31. The number of anilines is 1. The van der Waals surface area contributed by atoms with Crippen molar-refractivity contribution in [2.75, 3.05) is 5.32 Å². The van der Waals surface area contributed by atoms with Crippen LogP contribution in [-0.4, -0.2) is 15.7 Å². The largest absolute Gasteiger partial charge is 0.324 e. The molecule has 0 saturated heterocycles. The predicted octanol–water partition coefficient (Wildman–Crippen LogP) is 3.12. The van der Waals surface area contributed by atoms with E-state index in [2.05, 4.69) is 26.3 Å². The lowest BCUT2D eigenvalue weighted by molar-refractivity contribution is -0.116. The topological polar surface area (TPSA) is 46.9 Å². The highest BCUT2D eigenvalue weighted by Crippen LogP contribution is 2.16. The van der Waals surface area contributed by atoms with Crippen molar-refractivity contribution in [3.63, 3.8) is 0 Å². The van der Waals surface area contributed by atoms with Crippen molar-refractivity contribution in [3.8, 4) is 0 Å². The first-order valence-electron chi connectivity index (χ1n) is 5.78. The Morgan fingerprint density at radius 3 is 3.00 bits per heavy atom. The summed E-state index contributed by atoms with van der Waals surface area (Å²) in [6.07, 6.45) is 3.67. The fourth-order valence-corrected chi connectivity index (χ4v) is 1.95. The van der Waals surface area contributed by atoms with Crippen molar-refractivity contribution in [2.24, 2.45) is 0 Å². The number of carbonyl (C=O) groups excluding carboxylic acids is 1. The third-order valence-electron chi connectivity index (χ3n) is 2.57. The van der Waals surface area contributed by atoms with E-state index in [-0.39, 0.29) is 18.0 Å². The second-order valence-corrected chi connectivity index (χ2v) is 5.12. The molecule has 0 fully saturated rings.